The van der Waals surface area contributed by atoms with Crippen LogP contribution in [0, 0.1) is 0 Å². The molecule has 0 saturated heterocycles. The van der Waals surface area contributed by atoms with E-state index in [0.29, 0.717) is 5.69 Å². The van der Waals surface area contributed by atoms with Gasteiger partial charge in [0.15, 0.2) is 11.0 Å². The molecule has 0 unspecified atom stereocenters. The molecule has 2 rings (SSSR count). The summed E-state index contributed by atoms with van der Waals surface area (Å²) < 4.78 is 30.7. The Morgan fingerprint density at radius 1 is 1.05 bits per heavy atom. The smallest absolute Gasteiger partial charge is 0.294 e. The summed E-state index contributed by atoms with van der Waals surface area (Å²) in [4.78, 5) is 7.29. The zero-order chi connectivity index (χ0) is 14.9. The van der Waals surface area contributed by atoms with Crippen molar-refractivity contribution in [1.82, 2.24) is 9.97 Å². The Balaban J connectivity index is 2.32. The van der Waals surface area contributed by atoms with E-state index in [1.165, 1.54) is 24.3 Å². The molecule has 0 aliphatic heterocycles. The molecule has 0 amide bonds. The van der Waals surface area contributed by atoms with Crippen LogP contribution in [0.15, 0.2) is 29.2 Å². The van der Waals surface area contributed by atoms with Crippen molar-refractivity contribution < 1.29 is 13.0 Å². The average molecular weight is 355 g/mol. The number of hydrogen-bond acceptors (Lipinski definition) is 5. The van der Waals surface area contributed by atoms with Crippen molar-refractivity contribution in [2.45, 2.75) is 4.90 Å². The maximum Gasteiger partial charge on any atom is 0.294 e. The third-order valence-electron chi connectivity index (χ3n) is 2.20. The molecule has 1 aromatic carbocycles. The lowest BCUT2D eigenvalue weighted by Gasteiger charge is -2.08. The van der Waals surface area contributed by atoms with Crippen molar-refractivity contribution in [3.05, 3.63) is 39.7 Å². The topological polar surface area (TPSA) is 92.2 Å². The van der Waals surface area contributed by atoms with Gasteiger partial charge in [-0.15, -0.1) is 0 Å². The van der Waals surface area contributed by atoms with Crippen molar-refractivity contribution >= 4 is 56.4 Å². The fraction of sp³-hybridized carbons (Fsp3) is 0. The first kappa shape index (κ1) is 15.3. The monoisotopic (exact) mass is 353 g/mol. The summed E-state index contributed by atoms with van der Waals surface area (Å²) >= 11 is 17.3. The molecule has 0 radical (unpaired) electrons. The van der Waals surface area contributed by atoms with Crippen LogP contribution >= 0.6 is 34.8 Å². The highest BCUT2D eigenvalue weighted by Gasteiger charge is 2.12. The van der Waals surface area contributed by atoms with Crippen molar-refractivity contribution in [2.75, 3.05) is 5.32 Å². The van der Waals surface area contributed by atoms with E-state index in [-0.39, 0.29) is 26.2 Å². The molecule has 1 aromatic heterocycles. The number of nitrogens with zero attached hydrogens (tertiary/aromatic N) is 2. The summed E-state index contributed by atoms with van der Waals surface area (Å²) in [6, 6.07) is 5.28. The van der Waals surface area contributed by atoms with Gasteiger partial charge in [-0.3, -0.25) is 4.55 Å². The van der Waals surface area contributed by atoms with Crippen LogP contribution in [-0.4, -0.2) is 22.9 Å². The zero-order valence-electron chi connectivity index (χ0n) is 9.51. The van der Waals surface area contributed by atoms with Crippen molar-refractivity contribution in [3.63, 3.8) is 0 Å². The van der Waals surface area contributed by atoms with Crippen LogP contribution in [0.5, 0.6) is 0 Å². The van der Waals surface area contributed by atoms with Crippen LogP contribution in [0.25, 0.3) is 0 Å². The molecule has 6 nitrogen and oxygen atoms in total. The van der Waals surface area contributed by atoms with Crippen LogP contribution in [0.4, 0.5) is 11.5 Å². The number of benzene rings is 1. The van der Waals surface area contributed by atoms with Gasteiger partial charge < -0.3 is 5.32 Å². The highest BCUT2D eigenvalue weighted by Crippen LogP contribution is 2.30. The minimum atomic E-state index is -4.24. The molecule has 20 heavy (non-hydrogen) atoms. The Kier molecular flexibility index (Phi) is 4.36. The van der Waals surface area contributed by atoms with Crippen LogP contribution in [0.1, 0.15) is 0 Å². The summed E-state index contributed by atoms with van der Waals surface area (Å²) in [5.74, 6) is 0.177. The van der Waals surface area contributed by atoms with E-state index in [1.807, 2.05) is 0 Å². The molecule has 0 saturated carbocycles. The lowest BCUT2D eigenvalue weighted by Crippen LogP contribution is -2.00. The standard InChI is InChI=1S/C10H6Cl3N3O3S/c11-7-8(12)15-10(13)16-9(7)14-5-1-3-6(4-2-5)20(17,18)19/h1-4H,(H,14,15,16)(H,17,18,19). The SMILES string of the molecule is O=S(=O)(O)c1ccc(Nc2nc(Cl)nc(Cl)c2Cl)cc1. The largest absolute Gasteiger partial charge is 0.339 e. The van der Waals surface area contributed by atoms with Crippen LogP contribution < -0.4 is 5.32 Å². The van der Waals surface area contributed by atoms with Gasteiger partial charge in [0.1, 0.15) is 5.02 Å². The number of nitrogens with one attached hydrogen (secondary N) is 1. The van der Waals surface area contributed by atoms with Crippen molar-refractivity contribution in [3.8, 4) is 0 Å². The Bertz CT molecular complexity index is 750. The molecule has 10 heteroatoms. The first-order chi connectivity index (χ1) is 9.27. The Hall–Kier alpha value is -1.12. The lowest BCUT2D eigenvalue weighted by molar-refractivity contribution is 0.483. The Labute approximate surface area is 129 Å². The summed E-state index contributed by atoms with van der Waals surface area (Å²) in [6.45, 7) is 0. The highest BCUT2D eigenvalue weighted by molar-refractivity contribution is 7.85. The second-order valence-corrected chi connectivity index (χ2v) is 6.07. The number of rotatable bonds is 3. The van der Waals surface area contributed by atoms with Crippen LogP contribution in [-0.2, 0) is 10.1 Å². The molecular weight excluding hydrogens is 349 g/mol. The van der Waals surface area contributed by atoms with Crippen molar-refractivity contribution in [2.24, 2.45) is 0 Å². The van der Waals surface area contributed by atoms with Gasteiger partial charge in [0.05, 0.1) is 4.90 Å². The molecule has 0 aliphatic carbocycles. The maximum atomic E-state index is 10.9. The molecule has 0 atom stereocenters. The van der Waals surface area contributed by atoms with Gasteiger partial charge in [0.25, 0.3) is 10.1 Å². The summed E-state index contributed by atoms with van der Waals surface area (Å²) in [5, 5.41) is 2.79. The van der Waals surface area contributed by atoms with Gasteiger partial charge in [-0.2, -0.15) is 13.4 Å². The summed E-state index contributed by atoms with van der Waals surface area (Å²) in [7, 11) is -4.24. The van der Waals surface area contributed by atoms with Gasteiger partial charge in [0, 0.05) is 5.69 Å². The molecule has 2 aromatic rings. The number of hydrogen-bond donors (Lipinski definition) is 2. The van der Waals surface area contributed by atoms with Gasteiger partial charge in [-0.25, -0.2) is 4.98 Å². The second kappa shape index (κ2) is 5.71. The molecule has 0 bridgehead atoms. The Morgan fingerprint density at radius 3 is 2.20 bits per heavy atom. The summed E-state index contributed by atoms with van der Waals surface area (Å²) in [5.41, 5.74) is 0.477. The van der Waals surface area contributed by atoms with E-state index in [0.717, 1.165) is 0 Å². The fourth-order valence-electron chi connectivity index (χ4n) is 1.32. The fourth-order valence-corrected chi connectivity index (χ4v) is 2.32. The first-order valence-electron chi connectivity index (χ1n) is 5.00. The average Bonchev–Trinajstić information content (AvgIpc) is 2.35. The Morgan fingerprint density at radius 2 is 1.65 bits per heavy atom. The van der Waals surface area contributed by atoms with E-state index in [9.17, 15) is 8.42 Å². The van der Waals surface area contributed by atoms with Gasteiger partial charge >= 0.3 is 0 Å². The number of anilines is 2. The number of aromatic nitrogens is 2. The van der Waals surface area contributed by atoms with Crippen LogP contribution in [0.3, 0.4) is 0 Å². The predicted octanol–water partition coefficient (Wildman–Crippen LogP) is 3.43. The van der Waals surface area contributed by atoms with Gasteiger partial charge in [-0.1, -0.05) is 23.2 Å². The molecule has 1 heterocycles. The quantitative estimate of drug-likeness (QED) is 0.498. The number of halogens is 3. The lowest BCUT2D eigenvalue weighted by atomic mass is 10.3. The molecule has 0 spiro atoms. The van der Waals surface area contributed by atoms with E-state index >= 15 is 0 Å². The van der Waals surface area contributed by atoms with Crippen LogP contribution in [0.2, 0.25) is 15.5 Å². The maximum absolute atomic E-state index is 10.9. The molecule has 106 valence electrons. The third-order valence-corrected chi connectivity index (χ3v) is 3.96. The van der Waals surface area contributed by atoms with Crippen molar-refractivity contribution in [1.29, 1.82) is 0 Å². The third kappa shape index (κ3) is 3.50. The van der Waals surface area contributed by atoms with E-state index in [1.54, 1.807) is 0 Å². The predicted molar refractivity (Wildman–Crippen MR) is 76.6 cm³/mol. The second-order valence-electron chi connectivity index (χ2n) is 3.57. The first-order valence-corrected chi connectivity index (χ1v) is 7.58. The molecule has 0 aliphatic rings. The highest BCUT2D eigenvalue weighted by atomic mass is 35.5. The van der Waals surface area contributed by atoms with E-state index in [2.05, 4.69) is 15.3 Å². The van der Waals surface area contributed by atoms with Gasteiger partial charge in [-0.05, 0) is 35.9 Å². The molecular formula is C10H6Cl3N3O3S. The molecule has 0 fully saturated rings. The minimum absolute atomic E-state index is 0.0104. The molecule has 2 N–H and O–H groups in total. The minimum Gasteiger partial charge on any atom is -0.339 e. The summed E-state index contributed by atoms with van der Waals surface area (Å²) in [6.07, 6.45) is 0. The van der Waals surface area contributed by atoms with E-state index < -0.39 is 10.1 Å². The van der Waals surface area contributed by atoms with Gasteiger partial charge in [0.2, 0.25) is 5.28 Å². The van der Waals surface area contributed by atoms with E-state index in [4.69, 9.17) is 39.4 Å². The zero-order valence-corrected chi connectivity index (χ0v) is 12.6. The normalized spacial score (nSPS) is 11.4.